The highest BCUT2D eigenvalue weighted by atomic mass is 16.7. The fourth-order valence-electron chi connectivity index (χ4n) is 3.84. The molecule has 0 radical (unpaired) electrons. The minimum Gasteiger partial charge on any atom is -0.493 e. The molecule has 3 aromatic rings. The number of hydrogen-bond donors (Lipinski definition) is 2. The normalized spacial score (nSPS) is 13.0. The Morgan fingerprint density at radius 1 is 1.17 bits per heavy atom. The molecule has 0 aliphatic carbocycles. The Labute approximate surface area is 172 Å². The van der Waals surface area contributed by atoms with Crippen molar-refractivity contribution < 1.29 is 38.5 Å². The van der Waals surface area contributed by atoms with Crippen LogP contribution >= 0.6 is 0 Å². The Bertz CT molecular complexity index is 1130. The number of aliphatic carboxylic acids is 1. The number of ether oxygens (including phenoxy) is 4. The van der Waals surface area contributed by atoms with Crippen molar-refractivity contribution in [2.24, 2.45) is 0 Å². The van der Waals surface area contributed by atoms with Gasteiger partial charge in [0.2, 0.25) is 12.5 Å². The van der Waals surface area contributed by atoms with Crippen LogP contribution in [0, 0.1) is 0 Å². The SMILES string of the molecule is CO.COc1ccc2cc3[n+](cc2c1OCC(=O)O)CCc1cc2c(cc1-3)OCO2. The van der Waals surface area contributed by atoms with E-state index < -0.39 is 12.6 Å². The Morgan fingerprint density at radius 3 is 2.67 bits per heavy atom. The van der Waals surface area contributed by atoms with Gasteiger partial charge in [-0.2, -0.15) is 4.57 Å². The van der Waals surface area contributed by atoms with Gasteiger partial charge in [-0.3, -0.25) is 0 Å². The van der Waals surface area contributed by atoms with Gasteiger partial charge in [-0.05, 0) is 35.2 Å². The van der Waals surface area contributed by atoms with Gasteiger partial charge in [0, 0.05) is 19.6 Å². The summed E-state index contributed by atoms with van der Waals surface area (Å²) in [5.41, 5.74) is 3.40. The van der Waals surface area contributed by atoms with E-state index in [2.05, 4.69) is 16.7 Å². The summed E-state index contributed by atoms with van der Waals surface area (Å²) < 4.78 is 24.1. The van der Waals surface area contributed by atoms with E-state index in [1.165, 1.54) is 5.56 Å². The first-order valence-electron chi connectivity index (χ1n) is 9.40. The third-order valence-electron chi connectivity index (χ3n) is 5.14. The van der Waals surface area contributed by atoms with E-state index >= 15 is 0 Å². The molecule has 156 valence electrons. The van der Waals surface area contributed by atoms with Gasteiger partial charge in [-0.1, -0.05) is 0 Å². The molecule has 0 fully saturated rings. The minimum atomic E-state index is -1.03. The number of aliphatic hydroxyl groups is 1. The molecular formula is C22H22NO7+. The summed E-state index contributed by atoms with van der Waals surface area (Å²) in [6.45, 7) is 0.622. The zero-order valence-electron chi connectivity index (χ0n) is 16.7. The van der Waals surface area contributed by atoms with Gasteiger partial charge in [0.05, 0.1) is 18.1 Å². The fourth-order valence-corrected chi connectivity index (χ4v) is 3.84. The molecule has 0 amide bonds. The van der Waals surface area contributed by atoms with Crippen LogP contribution in [-0.2, 0) is 17.8 Å². The summed E-state index contributed by atoms with van der Waals surface area (Å²) in [5.74, 6) is 1.47. The molecule has 2 aromatic carbocycles. The zero-order valence-corrected chi connectivity index (χ0v) is 16.7. The number of pyridine rings is 1. The number of benzene rings is 2. The molecule has 2 N–H and O–H groups in total. The first-order valence-corrected chi connectivity index (χ1v) is 9.40. The number of aliphatic hydroxyl groups excluding tert-OH is 1. The number of hydrogen-bond acceptors (Lipinski definition) is 6. The second-order valence-electron chi connectivity index (χ2n) is 6.75. The first-order chi connectivity index (χ1) is 14.6. The van der Waals surface area contributed by atoms with Crippen molar-refractivity contribution in [1.82, 2.24) is 0 Å². The van der Waals surface area contributed by atoms with E-state index in [9.17, 15) is 4.79 Å². The molecule has 8 heteroatoms. The maximum atomic E-state index is 11.0. The van der Waals surface area contributed by atoms with E-state index in [0.29, 0.717) is 11.5 Å². The zero-order chi connectivity index (χ0) is 21.3. The number of aryl methyl sites for hydroxylation is 2. The number of methoxy groups -OCH3 is 1. The lowest BCUT2D eigenvalue weighted by Crippen LogP contribution is -2.40. The van der Waals surface area contributed by atoms with Crippen molar-refractivity contribution in [3.63, 3.8) is 0 Å². The van der Waals surface area contributed by atoms with Crippen LogP contribution in [-0.4, -0.2) is 43.8 Å². The molecule has 1 aromatic heterocycles. The molecule has 5 rings (SSSR count). The van der Waals surface area contributed by atoms with Gasteiger partial charge in [-0.25, -0.2) is 4.79 Å². The maximum absolute atomic E-state index is 11.0. The Hall–Kier alpha value is -3.52. The third kappa shape index (κ3) is 3.35. The third-order valence-corrected chi connectivity index (χ3v) is 5.14. The Balaban J connectivity index is 0.00000106. The topological polar surface area (TPSA) is 98.3 Å². The predicted octanol–water partition coefficient (Wildman–Crippen LogP) is 2.16. The lowest BCUT2D eigenvalue weighted by molar-refractivity contribution is -0.686. The average molecular weight is 412 g/mol. The summed E-state index contributed by atoms with van der Waals surface area (Å²) >= 11 is 0. The fraction of sp³-hybridized carbons (Fsp3) is 0.273. The van der Waals surface area contributed by atoms with Gasteiger partial charge in [0.25, 0.3) is 0 Å². The smallest absolute Gasteiger partial charge is 0.341 e. The molecule has 0 saturated heterocycles. The number of fused-ring (bicyclic) bond motifs is 5. The Morgan fingerprint density at radius 2 is 1.93 bits per heavy atom. The Kier molecular flexibility index (Phi) is 5.33. The van der Waals surface area contributed by atoms with Crippen LogP contribution in [0.5, 0.6) is 23.0 Å². The molecule has 0 bridgehead atoms. The van der Waals surface area contributed by atoms with Gasteiger partial charge < -0.3 is 29.2 Å². The van der Waals surface area contributed by atoms with Crippen molar-refractivity contribution in [1.29, 1.82) is 0 Å². The minimum absolute atomic E-state index is 0.250. The second-order valence-corrected chi connectivity index (χ2v) is 6.75. The van der Waals surface area contributed by atoms with E-state index in [1.54, 1.807) is 13.2 Å². The molecule has 0 saturated carbocycles. The van der Waals surface area contributed by atoms with Crippen LogP contribution in [0.2, 0.25) is 0 Å². The molecule has 2 aliphatic heterocycles. The van der Waals surface area contributed by atoms with E-state index in [4.69, 9.17) is 29.2 Å². The second kappa shape index (κ2) is 8.08. The van der Waals surface area contributed by atoms with Crippen LogP contribution in [0.15, 0.2) is 36.5 Å². The number of carboxylic acids is 1. The van der Waals surface area contributed by atoms with Crippen molar-refractivity contribution in [3.8, 4) is 34.3 Å². The summed E-state index contributed by atoms with van der Waals surface area (Å²) in [7, 11) is 2.54. The molecule has 8 nitrogen and oxygen atoms in total. The standard InChI is InChI=1S/C21H17NO6.CH4O/c1-25-17-3-2-12-6-16-14-8-19-18(27-11-28-19)7-13(14)4-5-22(16)9-15(12)21(17)26-10-20(23)24;1-2/h2-3,6-9H,4-5,10-11H2,1H3;2H,1H3/p+1. The highest BCUT2D eigenvalue weighted by molar-refractivity contribution is 5.92. The van der Waals surface area contributed by atoms with Gasteiger partial charge >= 0.3 is 5.97 Å². The van der Waals surface area contributed by atoms with E-state index in [1.807, 2.05) is 18.3 Å². The number of aromatic nitrogens is 1. The number of rotatable bonds is 4. The van der Waals surface area contributed by atoms with Gasteiger partial charge in [0.15, 0.2) is 42.3 Å². The van der Waals surface area contributed by atoms with Crippen molar-refractivity contribution in [2.75, 3.05) is 27.6 Å². The van der Waals surface area contributed by atoms with Crippen LogP contribution in [0.25, 0.3) is 22.0 Å². The maximum Gasteiger partial charge on any atom is 0.341 e. The van der Waals surface area contributed by atoms with Crippen LogP contribution in [0.3, 0.4) is 0 Å². The summed E-state index contributed by atoms with van der Waals surface area (Å²) in [5, 5.41) is 17.8. The predicted molar refractivity (Wildman–Crippen MR) is 107 cm³/mol. The quantitative estimate of drug-likeness (QED) is 0.634. The van der Waals surface area contributed by atoms with Crippen molar-refractivity contribution >= 4 is 16.7 Å². The van der Waals surface area contributed by atoms with E-state index in [0.717, 1.165) is 53.6 Å². The van der Waals surface area contributed by atoms with Crippen LogP contribution in [0.1, 0.15) is 5.56 Å². The lowest BCUT2D eigenvalue weighted by atomic mass is 9.95. The highest BCUT2D eigenvalue weighted by Crippen LogP contribution is 2.41. The summed E-state index contributed by atoms with van der Waals surface area (Å²) in [4.78, 5) is 11.0. The van der Waals surface area contributed by atoms with E-state index in [-0.39, 0.29) is 6.79 Å². The van der Waals surface area contributed by atoms with Crippen molar-refractivity contribution in [2.45, 2.75) is 13.0 Å². The summed E-state index contributed by atoms with van der Waals surface area (Å²) in [6, 6.07) is 9.91. The molecule has 30 heavy (non-hydrogen) atoms. The molecule has 0 spiro atoms. The molecule has 3 heterocycles. The number of carboxylic acid groups (broad SMARTS) is 1. The van der Waals surface area contributed by atoms with Crippen LogP contribution < -0.4 is 23.5 Å². The summed E-state index contributed by atoms with van der Waals surface area (Å²) in [6.07, 6.45) is 2.86. The number of carbonyl (C=O) groups is 1. The molecule has 0 atom stereocenters. The van der Waals surface area contributed by atoms with Crippen molar-refractivity contribution in [3.05, 3.63) is 42.1 Å². The molecule has 2 aliphatic rings. The average Bonchev–Trinajstić information content (AvgIpc) is 3.23. The number of nitrogens with zero attached hydrogens (tertiary/aromatic N) is 1. The largest absolute Gasteiger partial charge is 0.493 e. The molecule has 0 unspecified atom stereocenters. The monoisotopic (exact) mass is 412 g/mol. The van der Waals surface area contributed by atoms with Crippen LogP contribution in [0.4, 0.5) is 0 Å². The van der Waals surface area contributed by atoms with Gasteiger partial charge in [0.1, 0.15) is 0 Å². The first kappa shape index (κ1) is 19.8. The lowest BCUT2D eigenvalue weighted by Gasteiger charge is -2.17. The highest BCUT2D eigenvalue weighted by Gasteiger charge is 2.28. The van der Waals surface area contributed by atoms with Gasteiger partial charge in [-0.15, -0.1) is 0 Å². The molecular weight excluding hydrogens is 390 g/mol.